The molecule has 0 heterocycles. The zero-order valence-corrected chi connectivity index (χ0v) is 13.6. The second kappa shape index (κ2) is 6.67. The highest BCUT2D eigenvalue weighted by Crippen LogP contribution is 2.36. The molecule has 19 heavy (non-hydrogen) atoms. The van der Waals surface area contributed by atoms with Crippen LogP contribution < -0.4 is 5.32 Å². The van der Waals surface area contributed by atoms with Crippen LogP contribution >= 0.6 is 34.8 Å². The minimum atomic E-state index is 0.195. The molecule has 1 aliphatic rings. The molecule has 0 bridgehead atoms. The summed E-state index contributed by atoms with van der Waals surface area (Å²) in [6.45, 7) is 4.46. The lowest BCUT2D eigenvalue weighted by Crippen LogP contribution is -2.34. The summed E-state index contributed by atoms with van der Waals surface area (Å²) in [5.41, 5.74) is 1.02. The first-order chi connectivity index (χ1) is 8.99. The molecule has 0 aromatic heterocycles. The molecule has 1 aromatic rings. The Kier molecular flexibility index (Phi) is 5.42. The first-order valence-corrected chi connectivity index (χ1v) is 8.02. The zero-order chi connectivity index (χ0) is 14.0. The molecule has 0 amide bonds. The second-order valence-corrected chi connectivity index (χ2v) is 6.77. The average Bonchev–Trinajstić information content (AvgIpc) is 2.39. The predicted molar refractivity (Wildman–Crippen MR) is 84.4 cm³/mol. The Hall–Kier alpha value is 0.0500. The summed E-state index contributed by atoms with van der Waals surface area (Å²) in [5, 5.41) is 5.18. The third-order valence-corrected chi connectivity index (χ3v) is 5.34. The highest BCUT2D eigenvalue weighted by atomic mass is 35.5. The van der Waals surface area contributed by atoms with Crippen LogP contribution in [0.1, 0.15) is 51.1 Å². The molecule has 0 aliphatic heterocycles. The van der Waals surface area contributed by atoms with E-state index in [1.807, 2.05) is 12.1 Å². The first-order valence-electron chi connectivity index (χ1n) is 6.88. The van der Waals surface area contributed by atoms with E-state index in [4.69, 9.17) is 34.8 Å². The fraction of sp³-hybridized carbons (Fsp3) is 0.600. The fourth-order valence-electron chi connectivity index (χ4n) is 2.75. The number of hydrogen-bond acceptors (Lipinski definition) is 1. The summed E-state index contributed by atoms with van der Waals surface area (Å²) in [4.78, 5) is 0. The van der Waals surface area contributed by atoms with E-state index in [9.17, 15) is 0 Å². The van der Waals surface area contributed by atoms with Crippen molar-refractivity contribution in [1.82, 2.24) is 5.32 Å². The van der Waals surface area contributed by atoms with Gasteiger partial charge in [0.2, 0.25) is 0 Å². The molecule has 0 radical (unpaired) electrons. The lowest BCUT2D eigenvalue weighted by molar-refractivity contribution is 0.292. The van der Waals surface area contributed by atoms with Crippen LogP contribution in [0.5, 0.6) is 0 Å². The maximum absolute atomic E-state index is 6.28. The summed E-state index contributed by atoms with van der Waals surface area (Å²) in [6.07, 6.45) is 5.09. The summed E-state index contributed by atoms with van der Waals surface area (Å²) in [5.74, 6) is 0.863. The zero-order valence-electron chi connectivity index (χ0n) is 11.3. The lowest BCUT2D eigenvalue weighted by atomic mass is 9.87. The van der Waals surface area contributed by atoms with Crippen molar-refractivity contribution in [3.8, 4) is 0 Å². The Labute approximate surface area is 130 Å². The Balaban J connectivity index is 2.04. The smallest absolute Gasteiger partial charge is 0.0781 e. The predicted octanol–water partition coefficient (Wildman–Crippen LogP) is 5.88. The van der Waals surface area contributed by atoms with E-state index in [0.29, 0.717) is 21.1 Å². The van der Waals surface area contributed by atoms with E-state index in [-0.39, 0.29) is 6.04 Å². The van der Waals surface area contributed by atoms with Gasteiger partial charge < -0.3 is 5.32 Å². The number of rotatable bonds is 3. The molecule has 106 valence electrons. The van der Waals surface area contributed by atoms with Gasteiger partial charge in [0.05, 0.1) is 15.1 Å². The first kappa shape index (κ1) is 15.4. The Bertz CT molecular complexity index is 439. The molecule has 1 aliphatic carbocycles. The van der Waals surface area contributed by atoms with Crippen LogP contribution in [-0.4, -0.2) is 6.04 Å². The van der Waals surface area contributed by atoms with Crippen molar-refractivity contribution in [1.29, 1.82) is 0 Å². The van der Waals surface area contributed by atoms with Gasteiger partial charge in [-0.25, -0.2) is 0 Å². The van der Waals surface area contributed by atoms with Gasteiger partial charge in [-0.1, -0.05) is 47.8 Å². The van der Waals surface area contributed by atoms with Gasteiger partial charge in [-0.05, 0) is 50.2 Å². The lowest BCUT2D eigenvalue weighted by Gasteiger charge is -2.30. The largest absolute Gasteiger partial charge is 0.307 e. The molecule has 1 nitrogen and oxygen atoms in total. The maximum Gasteiger partial charge on any atom is 0.0781 e. The topological polar surface area (TPSA) is 12.0 Å². The molecule has 1 fully saturated rings. The molecule has 1 unspecified atom stereocenters. The Morgan fingerprint density at radius 2 is 1.68 bits per heavy atom. The van der Waals surface area contributed by atoms with Crippen molar-refractivity contribution >= 4 is 34.8 Å². The normalized spacial score (nSPS) is 25.3. The van der Waals surface area contributed by atoms with Crippen LogP contribution in [0.3, 0.4) is 0 Å². The SMILES string of the molecule is CC1CCC(NC(C)c2ccc(Cl)c(Cl)c2Cl)CC1. The highest BCUT2D eigenvalue weighted by Gasteiger charge is 2.21. The van der Waals surface area contributed by atoms with Gasteiger partial charge in [0.1, 0.15) is 0 Å². The van der Waals surface area contributed by atoms with Gasteiger partial charge in [-0.2, -0.15) is 0 Å². The van der Waals surface area contributed by atoms with Crippen LogP contribution in [0.25, 0.3) is 0 Å². The van der Waals surface area contributed by atoms with Gasteiger partial charge in [0, 0.05) is 12.1 Å². The molecule has 4 heteroatoms. The molecule has 1 saturated carbocycles. The highest BCUT2D eigenvalue weighted by molar-refractivity contribution is 6.48. The summed E-state index contributed by atoms with van der Waals surface area (Å²) in [6, 6.07) is 4.55. The maximum atomic E-state index is 6.28. The molecule has 1 N–H and O–H groups in total. The van der Waals surface area contributed by atoms with Crippen LogP contribution in [0.15, 0.2) is 12.1 Å². The van der Waals surface area contributed by atoms with E-state index >= 15 is 0 Å². The molecule has 0 saturated heterocycles. The monoisotopic (exact) mass is 319 g/mol. The molecule has 0 spiro atoms. The molecular weight excluding hydrogens is 301 g/mol. The van der Waals surface area contributed by atoms with Crippen LogP contribution in [0.2, 0.25) is 15.1 Å². The summed E-state index contributed by atoms with van der Waals surface area (Å²) >= 11 is 18.3. The van der Waals surface area contributed by atoms with Crippen LogP contribution in [0.4, 0.5) is 0 Å². The van der Waals surface area contributed by atoms with Gasteiger partial charge in [-0.3, -0.25) is 0 Å². The second-order valence-electron chi connectivity index (χ2n) is 5.61. The van der Waals surface area contributed by atoms with Crippen molar-refractivity contribution in [2.24, 2.45) is 5.92 Å². The summed E-state index contributed by atoms with van der Waals surface area (Å²) in [7, 11) is 0. The molecule has 2 rings (SSSR count). The van der Waals surface area contributed by atoms with E-state index in [2.05, 4.69) is 19.2 Å². The number of hydrogen-bond donors (Lipinski definition) is 1. The van der Waals surface area contributed by atoms with E-state index in [0.717, 1.165) is 11.5 Å². The third kappa shape index (κ3) is 3.78. The van der Waals surface area contributed by atoms with Crippen molar-refractivity contribution < 1.29 is 0 Å². The minimum Gasteiger partial charge on any atom is -0.307 e. The van der Waals surface area contributed by atoms with Crippen LogP contribution in [0, 0.1) is 5.92 Å². The molecular formula is C15H20Cl3N. The summed E-state index contributed by atoms with van der Waals surface area (Å²) < 4.78 is 0. The fourth-order valence-corrected chi connectivity index (χ4v) is 3.45. The van der Waals surface area contributed by atoms with E-state index in [1.165, 1.54) is 25.7 Å². The van der Waals surface area contributed by atoms with Crippen molar-refractivity contribution in [3.05, 3.63) is 32.8 Å². The van der Waals surface area contributed by atoms with Crippen LogP contribution in [-0.2, 0) is 0 Å². The van der Waals surface area contributed by atoms with Gasteiger partial charge >= 0.3 is 0 Å². The quantitative estimate of drug-likeness (QED) is 0.686. The Morgan fingerprint density at radius 1 is 1.05 bits per heavy atom. The van der Waals surface area contributed by atoms with E-state index in [1.54, 1.807) is 0 Å². The number of benzene rings is 1. The van der Waals surface area contributed by atoms with Crippen molar-refractivity contribution in [3.63, 3.8) is 0 Å². The standard InChI is InChI=1S/C15H20Cl3N/c1-9-3-5-11(6-4-9)19-10(2)12-7-8-13(16)15(18)14(12)17/h7-11,19H,3-6H2,1-2H3. The van der Waals surface area contributed by atoms with Gasteiger partial charge in [0.25, 0.3) is 0 Å². The van der Waals surface area contributed by atoms with Crippen molar-refractivity contribution in [2.75, 3.05) is 0 Å². The van der Waals surface area contributed by atoms with Gasteiger partial charge in [0.15, 0.2) is 0 Å². The van der Waals surface area contributed by atoms with E-state index < -0.39 is 0 Å². The number of halogens is 3. The molecule has 1 aromatic carbocycles. The minimum absolute atomic E-state index is 0.195. The Morgan fingerprint density at radius 3 is 2.32 bits per heavy atom. The third-order valence-electron chi connectivity index (χ3n) is 4.03. The number of nitrogens with one attached hydrogen (secondary N) is 1. The average molecular weight is 321 g/mol. The van der Waals surface area contributed by atoms with Gasteiger partial charge in [-0.15, -0.1) is 0 Å². The van der Waals surface area contributed by atoms with Crippen molar-refractivity contribution in [2.45, 2.75) is 51.6 Å². The molecule has 1 atom stereocenters.